The van der Waals surface area contributed by atoms with Crippen molar-refractivity contribution in [2.45, 2.75) is 26.6 Å². The van der Waals surface area contributed by atoms with E-state index in [0.29, 0.717) is 6.61 Å². The molecule has 2 N–H and O–H groups in total. The van der Waals surface area contributed by atoms with E-state index in [1.807, 2.05) is 6.92 Å². The number of amides is 1. The standard InChI is InChI=1S/C6H13NO3/c1-3-4-9-5(2)10-6(7)8/h5H,3-4H2,1-2H3,(H2,7,8). The number of hydrogen-bond donors (Lipinski definition) is 1. The van der Waals surface area contributed by atoms with Gasteiger partial charge in [-0.1, -0.05) is 6.92 Å². The van der Waals surface area contributed by atoms with Gasteiger partial charge in [-0.2, -0.15) is 0 Å². The average Bonchev–Trinajstić information content (AvgIpc) is 1.82. The van der Waals surface area contributed by atoms with Crippen LogP contribution in [0.5, 0.6) is 0 Å². The number of ether oxygens (including phenoxy) is 2. The van der Waals surface area contributed by atoms with E-state index in [0.717, 1.165) is 6.42 Å². The van der Waals surface area contributed by atoms with Crippen LogP contribution in [-0.4, -0.2) is 19.0 Å². The number of carbonyl (C=O) groups excluding carboxylic acids is 1. The molecule has 0 aromatic heterocycles. The van der Waals surface area contributed by atoms with E-state index in [2.05, 4.69) is 4.74 Å². The van der Waals surface area contributed by atoms with Crippen LogP contribution in [-0.2, 0) is 9.47 Å². The van der Waals surface area contributed by atoms with Crippen LogP contribution in [0.4, 0.5) is 4.79 Å². The van der Waals surface area contributed by atoms with Gasteiger partial charge < -0.3 is 15.2 Å². The minimum absolute atomic E-state index is 0.530. The van der Waals surface area contributed by atoms with E-state index >= 15 is 0 Å². The van der Waals surface area contributed by atoms with Crippen LogP contribution in [0.15, 0.2) is 0 Å². The van der Waals surface area contributed by atoms with Gasteiger partial charge in [0, 0.05) is 0 Å². The van der Waals surface area contributed by atoms with Gasteiger partial charge in [-0.25, -0.2) is 4.79 Å². The van der Waals surface area contributed by atoms with Crippen LogP contribution in [0.3, 0.4) is 0 Å². The minimum atomic E-state index is -0.802. The van der Waals surface area contributed by atoms with Gasteiger partial charge in [-0.05, 0) is 13.3 Å². The van der Waals surface area contributed by atoms with E-state index in [4.69, 9.17) is 10.5 Å². The Bertz CT molecular complexity index is 105. The van der Waals surface area contributed by atoms with Crippen molar-refractivity contribution in [2.24, 2.45) is 5.73 Å². The Labute approximate surface area is 60.3 Å². The Kier molecular flexibility index (Phi) is 4.66. The zero-order valence-corrected chi connectivity index (χ0v) is 6.29. The molecule has 0 bridgehead atoms. The highest BCUT2D eigenvalue weighted by molar-refractivity contribution is 5.64. The van der Waals surface area contributed by atoms with E-state index in [1.54, 1.807) is 6.92 Å². The molecule has 0 rings (SSSR count). The summed E-state index contributed by atoms with van der Waals surface area (Å²) in [7, 11) is 0. The van der Waals surface area contributed by atoms with Crippen LogP contribution >= 0.6 is 0 Å². The molecule has 0 heterocycles. The van der Waals surface area contributed by atoms with Crippen molar-refractivity contribution in [3.63, 3.8) is 0 Å². The molecule has 60 valence electrons. The van der Waals surface area contributed by atoms with Crippen LogP contribution in [0.25, 0.3) is 0 Å². The molecule has 0 radical (unpaired) electrons. The predicted octanol–water partition coefficient (Wildman–Crippen LogP) is 0.854. The summed E-state index contributed by atoms with van der Waals surface area (Å²) < 4.78 is 9.45. The zero-order chi connectivity index (χ0) is 7.98. The van der Waals surface area contributed by atoms with Crippen molar-refractivity contribution >= 4 is 6.09 Å². The highest BCUT2D eigenvalue weighted by Gasteiger charge is 2.03. The number of nitrogens with two attached hydrogens (primary N) is 1. The van der Waals surface area contributed by atoms with Gasteiger partial charge in [0.1, 0.15) is 0 Å². The Morgan fingerprint density at radius 1 is 1.70 bits per heavy atom. The first-order chi connectivity index (χ1) is 4.66. The summed E-state index contributed by atoms with van der Waals surface area (Å²) in [6.45, 7) is 4.17. The zero-order valence-electron chi connectivity index (χ0n) is 6.29. The Balaban J connectivity index is 3.25. The molecule has 1 unspecified atom stereocenters. The van der Waals surface area contributed by atoms with Crippen molar-refractivity contribution in [1.29, 1.82) is 0 Å². The second-order valence-corrected chi connectivity index (χ2v) is 1.88. The number of carbonyl (C=O) groups is 1. The molecule has 0 aliphatic rings. The number of rotatable bonds is 4. The summed E-state index contributed by atoms with van der Waals surface area (Å²) in [4.78, 5) is 10.1. The van der Waals surface area contributed by atoms with Gasteiger partial charge in [0.25, 0.3) is 0 Å². The molecule has 0 spiro atoms. The van der Waals surface area contributed by atoms with Crippen molar-refractivity contribution in [2.75, 3.05) is 6.61 Å². The van der Waals surface area contributed by atoms with Gasteiger partial charge in [0.2, 0.25) is 6.29 Å². The highest BCUT2D eigenvalue weighted by atomic mass is 16.7. The predicted molar refractivity (Wildman–Crippen MR) is 36.4 cm³/mol. The van der Waals surface area contributed by atoms with E-state index in [1.165, 1.54) is 0 Å². The lowest BCUT2D eigenvalue weighted by molar-refractivity contribution is -0.0883. The molecule has 1 amide bonds. The number of hydrogen-bond acceptors (Lipinski definition) is 3. The summed E-state index contributed by atoms with van der Waals surface area (Å²) in [5.41, 5.74) is 4.72. The fourth-order valence-corrected chi connectivity index (χ4v) is 0.481. The molecule has 0 aliphatic heterocycles. The Hall–Kier alpha value is -0.770. The molecule has 10 heavy (non-hydrogen) atoms. The first-order valence-electron chi connectivity index (χ1n) is 3.24. The van der Waals surface area contributed by atoms with Gasteiger partial charge >= 0.3 is 6.09 Å². The molecule has 0 saturated heterocycles. The maximum absolute atomic E-state index is 10.1. The molecular formula is C6H13NO3. The molecule has 0 aromatic rings. The van der Waals surface area contributed by atoms with E-state index in [9.17, 15) is 4.79 Å². The SMILES string of the molecule is CCCOC(C)OC(N)=O. The molecule has 0 fully saturated rings. The Morgan fingerprint density at radius 3 is 2.70 bits per heavy atom. The summed E-state index contributed by atoms with van der Waals surface area (Å²) in [5.74, 6) is 0. The van der Waals surface area contributed by atoms with Crippen LogP contribution in [0, 0.1) is 0 Å². The lowest BCUT2D eigenvalue weighted by Crippen LogP contribution is -2.22. The van der Waals surface area contributed by atoms with Crippen molar-refractivity contribution in [3.8, 4) is 0 Å². The molecule has 4 nitrogen and oxygen atoms in total. The molecule has 4 heteroatoms. The second-order valence-electron chi connectivity index (χ2n) is 1.88. The summed E-state index contributed by atoms with van der Waals surface area (Å²) in [5, 5.41) is 0. The van der Waals surface area contributed by atoms with Gasteiger partial charge in [0.15, 0.2) is 0 Å². The quantitative estimate of drug-likeness (QED) is 0.600. The molecule has 0 aliphatic carbocycles. The van der Waals surface area contributed by atoms with Crippen molar-refractivity contribution in [3.05, 3.63) is 0 Å². The monoisotopic (exact) mass is 147 g/mol. The number of primary amides is 1. The van der Waals surface area contributed by atoms with Gasteiger partial charge in [0.05, 0.1) is 6.61 Å². The van der Waals surface area contributed by atoms with Crippen molar-refractivity contribution < 1.29 is 14.3 Å². The van der Waals surface area contributed by atoms with Crippen LogP contribution in [0.1, 0.15) is 20.3 Å². The minimum Gasteiger partial charge on any atom is -0.420 e. The third-order valence-corrected chi connectivity index (χ3v) is 0.839. The topological polar surface area (TPSA) is 61.6 Å². The first kappa shape index (κ1) is 9.23. The lowest BCUT2D eigenvalue weighted by Gasteiger charge is -2.10. The third kappa shape index (κ3) is 5.37. The largest absolute Gasteiger partial charge is 0.420 e. The molecular weight excluding hydrogens is 134 g/mol. The van der Waals surface area contributed by atoms with E-state index in [-0.39, 0.29) is 0 Å². The Morgan fingerprint density at radius 2 is 2.30 bits per heavy atom. The third-order valence-electron chi connectivity index (χ3n) is 0.839. The van der Waals surface area contributed by atoms with E-state index < -0.39 is 12.4 Å². The maximum atomic E-state index is 10.1. The molecule has 1 atom stereocenters. The van der Waals surface area contributed by atoms with Crippen molar-refractivity contribution in [1.82, 2.24) is 0 Å². The fourth-order valence-electron chi connectivity index (χ4n) is 0.481. The fraction of sp³-hybridized carbons (Fsp3) is 0.833. The average molecular weight is 147 g/mol. The molecule has 0 aromatic carbocycles. The maximum Gasteiger partial charge on any atom is 0.406 e. The second kappa shape index (κ2) is 5.05. The van der Waals surface area contributed by atoms with Gasteiger partial charge in [-0.3, -0.25) is 0 Å². The van der Waals surface area contributed by atoms with Crippen LogP contribution in [0.2, 0.25) is 0 Å². The van der Waals surface area contributed by atoms with Gasteiger partial charge in [-0.15, -0.1) is 0 Å². The lowest BCUT2D eigenvalue weighted by atomic mass is 10.5. The smallest absolute Gasteiger partial charge is 0.406 e. The highest BCUT2D eigenvalue weighted by Crippen LogP contribution is 1.93. The molecule has 0 saturated carbocycles. The van der Waals surface area contributed by atoms with Crippen LogP contribution < -0.4 is 5.73 Å². The summed E-state index contributed by atoms with van der Waals surface area (Å²) >= 11 is 0. The summed E-state index contributed by atoms with van der Waals surface area (Å²) in [6, 6.07) is 0. The summed E-state index contributed by atoms with van der Waals surface area (Å²) in [6.07, 6.45) is -0.437. The normalized spacial score (nSPS) is 12.6. The first-order valence-corrected chi connectivity index (χ1v) is 3.24.